The van der Waals surface area contributed by atoms with Gasteiger partial charge in [0.25, 0.3) is 5.91 Å². The lowest BCUT2D eigenvalue weighted by Gasteiger charge is -2.04. The number of pyridine rings is 1. The molecular weight excluding hydrogens is 414 g/mol. The molecule has 110 valence electrons. The van der Waals surface area contributed by atoms with Crippen molar-refractivity contribution >= 4 is 49.6 Å². The SMILES string of the molecule is O=C1NN=C(c2cccnc2)C1=Cc1cc(Br)c(O)c(Br)c1. The van der Waals surface area contributed by atoms with Gasteiger partial charge in [0.15, 0.2) is 0 Å². The van der Waals surface area contributed by atoms with Crippen molar-refractivity contribution in [2.45, 2.75) is 0 Å². The van der Waals surface area contributed by atoms with Crippen LogP contribution < -0.4 is 5.43 Å². The number of halogens is 2. The van der Waals surface area contributed by atoms with Gasteiger partial charge in [-0.15, -0.1) is 0 Å². The van der Waals surface area contributed by atoms with Crippen LogP contribution in [0, 0.1) is 0 Å². The summed E-state index contributed by atoms with van der Waals surface area (Å²) in [6, 6.07) is 7.06. The summed E-state index contributed by atoms with van der Waals surface area (Å²) in [5.41, 5.74) is 4.95. The highest BCUT2D eigenvalue weighted by Gasteiger charge is 2.24. The standard InChI is InChI=1S/C15H9Br2N3O2/c16-11-5-8(6-12(17)14(11)21)4-10-13(19-20-15(10)22)9-2-1-3-18-7-9/h1-7,21H,(H,20,22). The van der Waals surface area contributed by atoms with Crippen molar-refractivity contribution in [3.63, 3.8) is 0 Å². The highest BCUT2D eigenvalue weighted by molar-refractivity contribution is 9.11. The van der Waals surface area contributed by atoms with Crippen molar-refractivity contribution in [1.29, 1.82) is 0 Å². The van der Waals surface area contributed by atoms with Crippen LogP contribution in [0.4, 0.5) is 0 Å². The largest absolute Gasteiger partial charge is 0.506 e. The number of aromatic hydroxyl groups is 1. The van der Waals surface area contributed by atoms with E-state index in [-0.39, 0.29) is 11.7 Å². The molecule has 1 amide bonds. The number of phenolic OH excluding ortho intramolecular Hbond substituents is 1. The third kappa shape index (κ3) is 2.82. The van der Waals surface area contributed by atoms with E-state index in [0.29, 0.717) is 20.2 Å². The first-order chi connectivity index (χ1) is 10.6. The van der Waals surface area contributed by atoms with Crippen molar-refractivity contribution in [1.82, 2.24) is 10.4 Å². The highest BCUT2D eigenvalue weighted by Crippen LogP contribution is 2.34. The van der Waals surface area contributed by atoms with E-state index < -0.39 is 0 Å². The molecule has 3 rings (SSSR count). The zero-order valence-electron chi connectivity index (χ0n) is 11.0. The summed E-state index contributed by atoms with van der Waals surface area (Å²) in [6.07, 6.45) is 5.02. The summed E-state index contributed by atoms with van der Waals surface area (Å²) in [5, 5.41) is 13.8. The van der Waals surface area contributed by atoms with Crippen molar-refractivity contribution in [2.75, 3.05) is 0 Å². The van der Waals surface area contributed by atoms with Crippen LogP contribution in [0.2, 0.25) is 0 Å². The molecule has 0 unspecified atom stereocenters. The average Bonchev–Trinajstić information content (AvgIpc) is 2.87. The number of carbonyl (C=O) groups excluding carboxylic acids is 1. The van der Waals surface area contributed by atoms with Crippen LogP contribution in [0.5, 0.6) is 5.75 Å². The number of aromatic nitrogens is 1. The van der Waals surface area contributed by atoms with Crippen molar-refractivity contribution in [2.24, 2.45) is 5.10 Å². The number of hydrazone groups is 1. The molecule has 0 radical (unpaired) electrons. The Morgan fingerprint density at radius 1 is 1.23 bits per heavy atom. The number of amides is 1. The van der Waals surface area contributed by atoms with Gasteiger partial charge in [-0.2, -0.15) is 5.10 Å². The minimum atomic E-state index is -0.279. The molecule has 0 aliphatic carbocycles. The monoisotopic (exact) mass is 421 g/mol. The molecule has 1 aliphatic heterocycles. The van der Waals surface area contributed by atoms with Crippen LogP contribution in [-0.2, 0) is 4.79 Å². The maximum atomic E-state index is 12.0. The minimum Gasteiger partial charge on any atom is -0.506 e. The van der Waals surface area contributed by atoms with E-state index in [1.165, 1.54) is 0 Å². The molecule has 2 N–H and O–H groups in total. The quantitative estimate of drug-likeness (QED) is 0.729. The molecular formula is C15H9Br2N3O2. The van der Waals surface area contributed by atoms with Gasteiger partial charge in [-0.1, -0.05) is 0 Å². The van der Waals surface area contributed by atoms with Gasteiger partial charge in [-0.05, 0) is 67.8 Å². The van der Waals surface area contributed by atoms with Gasteiger partial charge in [0.1, 0.15) is 11.5 Å². The summed E-state index contributed by atoms with van der Waals surface area (Å²) in [7, 11) is 0. The van der Waals surface area contributed by atoms with E-state index in [0.717, 1.165) is 11.1 Å². The maximum Gasteiger partial charge on any atom is 0.273 e. The van der Waals surface area contributed by atoms with Crippen LogP contribution >= 0.6 is 31.9 Å². The van der Waals surface area contributed by atoms with Crippen molar-refractivity contribution in [3.8, 4) is 5.75 Å². The van der Waals surface area contributed by atoms with Crippen LogP contribution in [0.1, 0.15) is 11.1 Å². The summed E-state index contributed by atoms with van der Waals surface area (Å²) >= 11 is 6.54. The molecule has 2 heterocycles. The van der Waals surface area contributed by atoms with E-state index in [4.69, 9.17) is 0 Å². The van der Waals surface area contributed by atoms with Gasteiger partial charge in [-0.25, -0.2) is 5.43 Å². The number of hydrogen-bond donors (Lipinski definition) is 2. The summed E-state index contributed by atoms with van der Waals surface area (Å²) in [4.78, 5) is 16.1. The van der Waals surface area contributed by atoms with Gasteiger partial charge >= 0.3 is 0 Å². The molecule has 1 aromatic heterocycles. The van der Waals surface area contributed by atoms with Crippen LogP contribution in [0.3, 0.4) is 0 Å². The van der Waals surface area contributed by atoms with Gasteiger partial charge < -0.3 is 5.11 Å². The van der Waals surface area contributed by atoms with E-state index in [2.05, 4.69) is 47.4 Å². The lowest BCUT2D eigenvalue weighted by atomic mass is 10.0. The maximum absolute atomic E-state index is 12.0. The number of phenols is 1. The first kappa shape index (κ1) is 14.9. The predicted octanol–water partition coefficient (Wildman–Crippen LogP) is 3.23. The van der Waals surface area contributed by atoms with Crippen molar-refractivity contribution < 1.29 is 9.90 Å². The fraction of sp³-hybridized carbons (Fsp3) is 0. The number of benzene rings is 1. The highest BCUT2D eigenvalue weighted by atomic mass is 79.9. The second-order valence-electron chi connectivity index (χ2n) is 4.53. The molecule has 0 spiro atoms. The molecule has 5 nitrogen and oxygen atoms in total. The second kappa shape index (κ2) is 6.02. The molecule has 0 bridgehead atoms. The van der Waals surface area contributed by atoms with Crippen LogP contribution in [0.15, 0.2) is 56.3 Å². The first-order valence-corrected chi connectivity index (χ1v) is 7.83. The topological polar surface area (TPSA) is 74.6 Å². The molecule has 0 saturated carbocycles. The summed E-state index contributed by atoms with van der Waals surface area (Å²) < 4.78 is 1.07. The van der Waals surface area contributed by atoms with E-state index in [1.807, 2.05) is 6.07 Å². The molecule has 0 saturated heterocycles. The van der Waals surface area contributed by atoms with E-state index in [1.54, 1.807) is 36.7 Å². The lowest BCUT2D eigenvalue weighted by molar-refractivity contribution is -0.116. The predicted molar refractivity (Wildman–Crippen MR) is 90.4 cm³/mol. The zero-order chi connectivity index (χ0) is 15.7. The third-order valence-corrected chi connectivity index (χ3v) is 4.26. The lowest BCUT2D eigenvalue weighted by Crippen LogP contribution is -2.13. The van der Waals surface area contributed by atoms with Gasteiger partial charge in [0.2, 0.25) is 0 Å². The fourth-order valence-corrected chi connectivity index (χ4v) is 3.25. The Morgan fingerprint density at radius 2 is 1.95 bits per heavy atom. The Bertz CT molecular complexity index is 794. The number of carbonyl (C=O) groups is 1. The van der Waals surface area contributed by atoms with Gasteiger partial charge in [0.05, 0.1) is 14.5 Å². The number of nitrogens with zero attached hydrogens (tertiary/aromatic N) is 2. The molecule has 0 atom stereocenters. The number of hydrogen-bond acceptors (Lipinski definition) is 4. The Hall–Kier alpha value is -1.99. The van der Waals surface area contributed by atoms with Crippen molar-refractivity contribution in [3.05, 3.63) is 62.3 Å². The van der Waals surface area contributed by atoms with E-state index in [9.17, 15) is 9.90 Å². The molecule has 2 aromatic rings. The fourth-order valence-electron chi connectivity index (χ4n) is 2.03. The summed E-state index contributed by atoms with van der Waals surface area (Å²) in [6.45, 7) is 0. The van der Waals surface area contributed by atoms with E-state index >= 15 is 0 Å². The Morgan fingerprint density at radius 3 is 2.59 bits per heavy atom. The van der Waals surface area contributed by atoms with Gasteiger partial charge in [0, 0.05) is 18.0 Å². The normalized spacial score (nSPS) is 15.8. The second-order valence-corrected chi connectivity index (χ2v) is 6.24. The van der Waals surface area contributed by atoms with Crippen LogP contribution in [0.25, 0.3) is 6.08 Å². The number of nitrogens with one attached hydrogen (secondary N) is 1. The average molecular weight is 423 g/mol. The molecule has 22 heavy (non-hydrogen) atoms. The summed E-state index contributed by atoms with van der Waals surface area (Å²) in [5.74, 6) is -0.168. The number of rotatable bonds is 2. The first-order valence-electron chi connectivity index (χ1n) is 6.25. The zero-order valence-corrected chi connectivity index (χ0v) is 14.2. The Balaban J connectivity index is 2.06. The Kier molecular flexibility index (Phi) is 4.08. The van der Waals surface area contributed by atoms with Crippen LogP contribution in [-0.4, -0.2) is 21.7 Å². The molecule has 1 aliphatic rings. The molecule has 1 aromatic carbocycles. The molecule has 7 heteroatoms. The smallest absolute Gasteiger partial charge is 0.273 e. The van der Waals surface area contributed by atoms with Gasteiger partial charge in [-0.3, -0.25) is 9.78 Å². The minimum absolute atomic E-state index is 0.110. The molecule has 0 fully saturated rings. The third-order valence-electron chi connectivity index (χ3n) is 3.05. The Labute approximate surface area is 143 Å².